The lowest BCUT2D eigenvalue weighted by Crippen LogP contribution is -2.32. The average Bonchev–Trinajstić information content (AvgIpc) is 3.24. The van der Waals surface area contributed by atoms with E-state index in [9.17, 15) is 9.59 Å². The third kappa shape index (κ3) is 7.70. The van der Waals surface area contributed by atoms with Gasteiger partial charge in [-0.25, -0.2) is 0 Å². The molecule has 2 amide bonds. The van der Waals surface area contributed by atoms with E-state index in [0.717, 1.165) is 5.56 Å². The van der Waals surface area contributed by atoms with E-state index in [2.05, 4.69) is 41.3 Å². The number of hydrogen-bond donors (Lipinski definition) is 2. The molecule has 1 atom stereocenters. The van der Waals surface area contributed by atoms with Gasteiger partial charge in [0.1, 0.15) is 0 Å². The molecule has 7 nitrogen and oxygen atoms in total. The molecule has 1 aromatic heterocycles. The van der Waals surface area contributed by atoms with E-state index in [-0.39, 0.29) is 23.6 Å². The van der Waals surface area contributed by atoms with Crippen molar-refractivity contribution in [3.05, 3.63) is 89.2 Å². The molecule has 0 saturated carbocycles. The van der Waals surface area contributed by atoms with E-state index >= 15 is 0 Å². The minimum atomic E-state index is -0.382. The summed E-state index contributed by atoms with van der Waals surface area (Å²) in [6.07, 6.45) is 2.41. The Morgan fingerprint density at radius 3 is 2.51 bits per heavy atom. The van der Waals surface area contributed by atoms with E-state index in [0.29, 0.717) is 47.0 Å². The summed E-state index contributed by atoms with van der Waals surface area (Å²) in [6.45, 7) is 8.92. The van der Waals surface area contributed by atoms with Crippen molar-refractivity contribution in [3.63, 3.8) is 0 Å². The van der Waals surface area contributed by atoms with Gasteiger partial charge in [0.05, 0.1) is 22.4 Å². The van der Waals surface area contributed by atoms with Crippen molar-refractivity contribution >= 4 is 35.2 Å². The number of nitrogens with zero attached hydrogens (tertiary/aromatic N) is 3. The number of rotatable bonds is 12. The minimum absolute atomic E-state index is 0.0979. The predicted octanol–water partition coefficient (Wildman–Crippen LogP) is 5.04. The number of halogens is 1. The first-order chi connectivity index (χ1) is 16.9. The zero-order valence-corrected chi connectivity index (χ0v) is 21.5. The largest absolute Gasteiger partial charge is 0.351 e. The standard InChI is InChI=1S/C26H30ClN5O2S/c1-4-14-32-24(22(15-18(2)3)29-25(34)20-12-8-9-13-21(20)27)30-31-26(32)35-17-23(33)28-16-19-10-6-5-7-11-19/h4-13,18,22H,1,14-17H2,2-3H3,(H,28,33)(H,29,34)/t22-/m1/s1. The molecule has 2 N–H and O–H groups in total. The predicted molar refractivity (Wildman–Crippen MR) is 140 cm³/mol. The zero-order valence-electron chi connectivity index (χ0n) is 19.9. The summed E-state index contributed by atoms with van der Waals surface area (Å²) >= 11 is 7.53. The van der Waals surface area contributed by atoms with Gasteiger partial charge >= 0.3 is 0 Å². The molecule has 0 fully saturated rings. The number of allylic oxidation sites excluding steroid dienone is 1. The van der Waals surface area contributed by atoms with E-state index in [1.807, 2.05) is 34.9 Å². The Labute approximate surface area is 215 Å². The van der Waals surface area contributed by atoms with Gasteiger partial charge in [0.15, 0.2) is 11.0 Å². The Bertz CT molecular complexity index is 1150. The van der Waals surface area contributed by atoms with Crippen LogP contribution >= 0.6 is 23.4 Å². The first-order valence-corrected chi connectivity index (χ1v) is 12.8. The summed E-state index contributed by atoms with van der Waals surface area (Å²) in [5.74, 6) is 0.734. The molecular formula is C26H30ClN5O2S. The summed E-state index contributed by atoms with van der Waals surface area (Å²) in [5.41, 5.74) is 1.44. The maximum atomic E-state index is 13.0. The molecule has 2 aromatic carbocycles. The molecule has 3 aromatic rings. The molecule has 0 unspecified atom stereocenters. The highest BCUT2D eigenvalue weighted by atomic mass is 35.5. The third-order valence-corrected chi connectivity index (χ3v) is 6.46. The molecular weight excluding hydrogens is 482 g/mol. The fourth-order valence-electron chi connectivity index (χ4n) is 3.52. The Balaban J connectivity index is 1.73. The van der Waals surface area contributed by atoms with Crippen LogP contribution in [0.15, 0.2) is 72.4 Å². The fourth-order valence-corrected chi connectivity index (χ4v) is 4.53. The van der Waals surface area contributed by atoms with Gasteiger partial charge in [0, 0.05) is 13.1 Å². The molecule has 0 radical (unpaired) electrons. The highest BCUT2D eigenvalue weighted by Crippen LogP contribution is 2.26. The van der Waals surface area contributed by atoms with Crippen molar-refractivity contribution in [2.24, 2.45) is 5.92 Å². The van der Waals surface area contributed by atoms with Gasteiger partial charge < -0.3 is 15.2 Å². The van der Waals surface area contributed by atoms with Crippen molar-refractivity contribution in [3.8, 4) is 0 Å². The molecule has 1 heterocycles. The molecule has 0 bridgehead atoms. The van der Waals surface area contributed by atoms with Gasteiger partial charge in [-0.2, -0.15) is 0 Å². The molecule has 0 spiro atoms. The van der Waals surface area contributed by atoms with E-state index < -0.39 is 0 Å². The maximum absolute atomic E-state index is 13.0. The summed E-state index contributed by atoms with van der Waals surface area (Å²) in [7, 11) is 0. The van der Waals surface area contributed by atoms with Crippen molar-refractivity contribution in [1.29, 1.82) is 0 Å². The monoisotopic (exact) mass is 511 g/mol. The van der Waals surface area contributed by atoms with Gasteiger partial charge in [-0.05, 0) is 30.0 Å². The third-order valence-electron chi connectivity index (χ3n) is 5.16. The summed E-state index contributed by atoms with van der Waals surface area (Å²) in [4.78, 5) is 25.4. The van der Waals surface area contributed by atoms with E-state index in [1.165, 1.54) is 11.8 Å². The molecule has 9 heteroatoms. The van der Waals surface area contributed by atoms with Crippen molar-refractivity contribution in [2.75, 3.05) is 5.75 Å². The first kappa shape index (κ1) is 26.5. The van der Waals surface area contributed by atoms with Crippen LogP contribution in [0, 0.1) is 5.92 Å². The highest BCUT2D eigenvalue weighted by molar-refractivity contribution is 7.99. The Kier molecular flexibility index (Phi) is 9.93. The normalized spacial score (nSPS) is 11.8. The Morgan fingerprint density at radius 1 is 1.11 bits per heavy atom. The van der Waals surface area contributed by atoms with Crippen LogP contribution in [-0.4, -0.2) is 32.3 Å². The number of carbonyl (C=O) groups is 2. The molecule has 0 aliphatic rings. The van der Waals surface area contributed by atoms with Crippen molar-refractivity contribution in [2.45, 2.75) is 44.6 Å². The van der Waals surface area contributed by atoms with E-state index in [4.69, 9.17) is 11.6 Å². The van der Waals surface area contributed by atoms with Gasteiger partial charge in [0.2, 0.25) is 5.91 Å². The number of aromatic nitrogens is 3. The van der Waals surface area contributed by atoms with Crippen molar-refractivity contribution < 1.29 is 9.59 Å². The summed E-state index contributed by atoms with van der Waals surface area (Å²) < 4.78 is 1.89. The van der Waals surface area contributed by atoms with E-state index in [1.54, 1.807) is 30.3 Å². The highest BCUT2D eigenvalue weighted by Gasteiger charge is 2.25. The lowest BCUT2D eigenvalue weighted by molar-refractivity contribution is -0.118. The number of benzene rings is 2. The van der Waals surface area contributed by atoms with Crippen LogP contribution in [0.25, 0.3) is 0 Å². The quantitative estimate of drug-likeness (QED) is 0.262. The van der Waals surface area contributed by atoms with Gasteiger partial charge in [-0.3, -0.25) is 9.59 Å². The second-order valence-corrected chi connectivity index (χ2v) is 9.78. The minimum Gasteiger partial charge on any atom is -0.351 e. The molecule has 35 heavy (non-hydrogen) atoms. The Hall–Kier alpha value is -3.10. The van der Waals surface area contributed by atoms with Crippen LogP contribution in [0.4, 0.5) is 0 Å². The SMILES string of the molecule is C=CCn1c(SCC(=O)NCc2ccccc2)nnc1[C@@H](CC(C)C)NC(=O)c1ccccc1Cl. The van der Waals surface area contributed by atoms with Crippen LogP contribution < -0.4 is 10.6 Å². The number of nitrogens with one attached hydrogen (secondary N) is 2. The van der Waals surface area contributed by atoms with Crippen LogP contribution in [0.5, 0.6) is 0 Å². The first-order valence-electron chi connectivity index (χ1n) is 11.4. The number of amides is 2. The maximum Gasteiger partial charge on any atom is 0.253 e. The second kappa shape index (κ2) is 13.1. The molecule has 0 aliphatic carbocycles. The lowest BCUT2D eigenvalue weighted by atomic mass is 10.0. The smallest absolute Gasteiger partial charge is 0.253 e. The van der Waals surface area contributed by atoms with Crippen LogP contribution in [0.3, 0.4) is 0 Å². The molecule has 3 rings (SSSR count). The van der Waals surface area contributed by atoms with Crippen LogP contribution in [-0.2, 0) is 17.9 Å². The number of hydrogen-bond acceptors (Lipinski definition) is 5. The molecule has 0 aliphatic heterocycles. The van der Waals surface area contributed by atoms with Gasteiger partial charge in [-0.15, -0.1) is 16.8 Å². The van der Waals surface area contributed by atoms with Crippen LogP contribution in [0.2, 0.25) is 5.02 Å². The van der Waals surface area contributed by atoms with Gasteiger partial charge in [0.25, 0.3) is 5.91 Å². The molecule has 184 valence electrons. The average molecular weight is 512 g/mol. The summed E-state index contributed by atoms with van der Waals surface area (Å²) in [6, 6.07) is 16.3. The number of carbonyl (C=O) groups excluding carboxylic acids is 2. The molecule has 0 saturated heterocycles. The van der Waals surface area contributed by atoms with Gasteiger partial charge in [-0.1, -0.05) is 85.8 Å². The fraction of sp³-hybridized carbons (Fsp3) is 0.308. The zero-order chi connectivity index (χ0) is 25.2. The van der Waals surface area contributed by atoms with Crippen LogP contribution in [0.1, 0.15) is 48.1 Å². The lowest BCUT2D eigenvalue weighted by Gasteiger charge is -2.21. The van der Waals surface area contributed by atoms with Crippen molar-refractivity contribution in [1.82, 2.24) is 25.4 Å². The second-order valence-electron chi connectivity index (χ2n) is 8.43. The summed E-state index contributed by atoms with van der Waals surface area (Å²) in [5, 5.41) is 15.7. The Morgan fingerprint density at radius 2 is 1.83 bits per heavy atom. The number of thioether (sulfide) groups is 1. The topological polar surface area (TPSA) is 88.9 Å².